The molecule has 0 atom stereocenters. The highest BCUT2D eigenvalue weighted by molar-refractivity contribution is 7.92. The number of sulfonamides is 1. The van der Waals surface area contributed by atoms with Crippen molar-refractivity contribution >= 4 is 39.0 Å². The first-order valence-corrected chi connectivity index (χ1v) is 8.86. The molecule has 1 aromatic heterocycles. The second-order valence-corrected chi connectivity index (χ2v) is 7.39. The highest BCUT2D eigenvalue weighted by Crippen LogP contribution is 2.24. The summed E-state index contributed by atoms with van der Waals surface area (Å²) in [6.07, 6.45) is 1.02. The molecule has 23 heavy (non-hydrogen) atoms. The van der Waals surface area contributed by atoms with Crippen molar-refractivity contribution in [1.29, 1.82) is 0 Å². The van der Waals surface area contributed by atoms with Crippen LogP contribution in [0, 0.1) is 13.8 Å². The summed E-state index contributed by atoms with van der Waals surface area (Å²) in [6.45, 7) is 3.08. The number of nitrogens with zero attached hydrogens (tertiary/aromatic N) is 2. The van der Waals surface area contributed by atoms with E-state index in [-0.39, 0.29) is 5.82 Å². The first kappa shape index (κ1) is 17.3. The van der Waals surface area contributed by atoms with Crippen molar-refractivity contribution in [3.63, 3.8) is 0 Å². The van der Waals surface area contributed by atoms with E-state index < -0.39 is 22.5 Å². The molecular formula is C14H16ClN3O4S. The Morgan fingerprint density at radius 2 is 2.04 bits per heavy atom. The van der Waals surface area contributed by atoms with Gasteiger partial charge in [0, 0.05) is 11.1 Å². The molecule has 0 unspecified atom stereocenters. The van der Waals surface area contributed by atoms with E-state index in [1.54, 1.807) is 26.0 Å². The van der Waals surface area contributed by atoms with Crippen LogP contribution >= 0.6 is 11.6 Å². The molecule has 124 valence electrons. The third-order valence-corrected chi connectivity index (χ3v) is 4.57. The Labute approximate surface area is 139 Å². The predicted molar refractivity (Wildman–Crippen MR) is 88.2 cm³/mol. The van der Waals surface area contributed by atoms with Gasteiger partial charge >= 0.3 is 0 Å². The molecular weight excluding hydrogens is 342 g/mol. The van der Waals surface area contributed by atoms with Gasteiger partial charge in [-0.05, 0) is 31.5 Å². The van der Waals surface area contributed by atoms with Gasteiger partial charge in [0.25, 0.3) is 0 Å². The number of halogens is 1. The second-order valence-electron chi connectivity index (χ2n) is 5.07. The molecule has 1 N–H and O–H groups in total. The Kier molecular flexibility index (Phi) is 4.96. The number of benzene rings is 1. The minimum absolute atomic E-state index is 0.225. The molecule has 1 heterocycles. The Morgan fingerprint density at radius 3 is 2.57 bits per heavy atom. The maximum Gasteiger partial charge on any atom is 0.246 e. The van der Waals surface area contributed by atoms with Crippen LogP contribution in [0.2, 0.25) is 5.02 Å². The number of amides is 1. The highest BCUT2D eigenvalue weighted by Gasteiger charge is 2.22. The number of carbonyl (C=O) groups is 1. The fraction of sp³-hybridized carbons (Fsp3) is 0.286. The molecule has 0 aliphatic heterocycles. The van der Waals surface area contributed by atoms with Crippen molar-refractivity contribution in [3.05, 3.63) is 40.6 Å². The lowest BCUT2D eigenvalue weighted by molar-refractivity contribution is -0.114. The molecule has 2 rings (SSSR count). The summed E-state index contributed by atoms with van der Waals surface area (Å²) < 4.78 is 29.8. The molecule has 0 fully saturated rings. The van der Waals surface area contributed by atoms with Gasteiger partial charge in [-0.3, -0.25) is 9.10 Å². The van der Waals surface area contributed by atoms with Gasteiger partial charge in [0.2, 0.25) is 15.9 Å². The summed E-state index contributed by atoms with van der Waals surface area (Å²) >= 11 is 6.03. The van der Waals surface area contributed by atoms with Crippen molar-refractivity contribution in [2.24, 2.45) is 0 Å². The zero-order chi connectivity index (χ0) is 17.2. The molecule has 0 spiro atoms. The molecule has 0 aliphatic rings. The van der Waals surface area contributed by atoms with E-state index in [1.165, 1.54) is 12.1 Å². The zero-order valence-corrected chi connectivity index (χ0v) is 14.4. The number of hydrogen-bond acceptors (Lipinski definition) is 5. The van der Waals surface area contributed by atoms with Crippen molar-refractivity contribution in [1.82, 2.24) is 5.16 Å². The quantitative estimate of drug-likeness (QED) is 0.886. The summed E-state index contributed by atoms with van der Waals surface area (Å²) in [7, 11) is -3.66. The fourth-order valence-electron chi connectivity index (χ4n) is 1.88. The van der Waals surface area contributed by atoms with Crippen LogP contribution in [0.1, 0.15) is 11.3 Å². The topological polar surface area (TPSA) is 92.5 Å². The summed E-state index contributed by atoms with van der Waals surface area (Å²) in [5, 5.41) is 6.53. The van der Waals surface area contributed by atoms with E-state index in [2.05, 4.69) is 10.5 Å². The van der Waals surface area contributed by atoms with E-state index in [0.717, 1.165) is 16.1 Å². The van der Waals surface area contributed by atoms with Crippen molar-refractivity contribution in [2.75, 3.05) is 22.4 Å². The molecule has 0 radical (unpaired) electrons. The van der Waals surface area contributed by atoms with Gasteiger partial charge in [0.05, 0.1) is 11.9 Å². The minimum atomic E-state index is -3.66. The van der Waals surface area contributed by atoms with E-state index >= 15 is 0 Å². The Hall–Kier alpha value is -2.06. The van der Waals surface area contributed by atoms with Crippen molar-refractivity contribution in [2.45, 2.75) is 13.8 Å². The third kappa shape index (κ3) is 4.46. The van der Waals surface area contributed by atoms with Gasteiger partial charge in [0.1, 0.15) is 12.3 Å². The maximum absolute atomic E-state index is 12.1. The molecule has 0 aliphatic carbocycles. The lowest BCUT2D eigenvalue weighted by Gasteiger charge is -2.22. The van der Waals surface area contributed by atoms with Gasteiger partial charge in [-0.15, -0.1) is 0 Å². The zero-order valence-electron chi connectivity index (χ0n) is 12.8. The predicted octanol–water partition coefficient (Wildman–Crippen LogP) is 2.35. The molecule has 0 bridgehead atoms. The molecule has 7 nitrogen and oxygen atoms in total. The number of aryl methyl sites for hydroxylation is 2. The largest absolute Gasteiger partial charge is 0.360 e. The molecule has 0 saturated heterocycles. The normalized spacial score (nSPS) is 11.3. The maximum atomic E-state index is 12.1. The molecule has 1 aromatic carbocycles. The summed E-state index contributed by atoms with van der Waals surface area (Å²) in [5.41, 5.74) is 1.13. The molecule has 9 heteroatoms. The van der Waals surface area contributed by atoms with E-state index in [0.29, 0.717) is 16.5 Å². The standard InChI is InChI=1S/C14H16ClN3O4S/c1-9-4-5-11(7-12(9)15)18(23(3,20)21)8-14(19)16-13-6-10(2)22-17-13/h4-7H,8H2,1-3H3,(H,16,17,19). The van der Waals surface area contributed by atoms with E-state index in [1.807, 2.05) is 0 Å². The van der Waals surface area contributed by atoms with Crippen LogP contribution in [0.25, 0.3) is 0 Å². The van der Waals surface area contributed by atoms with E-state index in [9.17, 15) is 13.2 Å². The first-order chi connectivity index (χ1) is 10.7. The van der Waals surface area contributed by atoms with Crippen molar-refractivity contribution < 1.29 is 17.7 Å². The SMILES string of the molecule is Cc1cc(NC(=O)CN(c2ccc(C)c(Cl)c2)S(C)(=O)=O)no1. The third-order valence-electron chi connectivity index (χ3n) is 3.03. The van der Waals surface area contributed by atoms with Gasteiger partial charge < -0.3 is 9.84 Å². The van der Waals surface area contributed by atoms with Gasteiger partial charge in [0.15, 0.2) is 5.82 Å². The van der Waals surface area contributed by atoms with Crippen molar-refractivity contribution in [3.8, 4) is 0 Å². The van der Waals surface area contributed by atoms with Gasteiger partial charge in [-0.1, -0.05) is 22.8 Å². The lowest BCUT2D eigenvalue weighted by Crippen LogP contribution is -2.37. The van der Waals surface area contributed by atoms with Crippen LogP contribution in [0.3, 0.4) is 0 Å². The van der Waals surface area contributed by atoms with Crippen LogP contribution in [0.5, 0.6) is 0 Å². The van der Waals surface area contributed by atoms with Crippen LogP contribution in [-0.4, -0.2) is 32.3 Å². The van der Waals surface area contributed by atoms with Crippen LogP contribution in [-0.2, 0) is 14.8 Å². The smallest absolute Gasteiger partial charge is 0.246 e. The average Bonchev–Trinajstić information content (AvgIpc) is 2.83. The molecule has 0 saturated carbocycles. The summed E-state index contributed by atoms with van der Waals surface area (Å²) in [6, 6.07) is 6.32. The number of aromatic nitrogens is 1. The minimum Gasteiger partial charge on any atom is -0.360 e. The monoisotopic (exact) mass is 357 g/mol. The molecule has 2 aromatic rings. The van der Waals surface area contributed by atoms with Gasteiger partial charge in [-0.2, -0.15) is 0 Å². The van der Waals surface area contributed by atoms with E-state index in [4.69, 9.17) is 16.1 Å². The van der Waals surface area contributed by atoms with Crippen LogP contribution in [0.15, 0.2) is 28.8 Å². The number of anilines is 2. The Balaban J connectivity index is 2.22. The Bertz CT molecular complexity index is 832. The average molecular weight is 358 g/mol. The summed E-state index contributed by atoms with van der Waals surface area (Å²) in [4.78, 5) is 12.1. The van der Waals surface area contributed by atoms with Crippen LogP contribution < -0.4 is 9.62 Å². The fourth-order valence-corrected chi connectivity index (χ4v) is 2.90. The second kappa shape index (κ2) is 6.59. The molecule has 1 amide bonds. The Morgan fingerprint density at radius 1 is 1.35 bits per heavy atom. The number of nitrogens with one attached hydrogen (secondary N) is 1. The number of rotatable bonds is 5. The van der Waals surface area contributed by atoms with Gasteiger partial charge in [-0.25, -0.2) is 8.42 Å². The summed E-state index contributed by atoms with van der Waals surface area (Å²) in [5.74, 6) is 0.217. The highest BCUT2D eigenvalue weighted by atomic mass is 35.5. The number of carbonyl (C=O) groups excluding carboxylic acids is 1. The number of hydrogen-bond donors (Lipinski definition) is 1. The first-order valence-electron chi connectivity index (χ1n) is 6.64. The van der Waals surface area contributed by atoms with Crippen LogP contribution in [0.4, 0.5) is 11.5 Å². The lowest BCUT2D eigenvalue weighted by atomic mass is 10.2.